The van der Waals surface area contributed by atoms with Crippen LogP contribution in [-0.4, -0.2) is 53.1 Å². The molecule has 2 aromatic rings. The second-order valence-corrected chi connectivity index (χ2v) is 1.83. The minimum absolute atomic E-state index is 0. The van der Waals surface area contributed by atoms with Crippen molar-refractivity contribution in [3.8, 4) is 0 Å². The molecule has 0 amide bonds. The van der Waals surface area contributed by atoms with E-state index in [1.165, 1.54) is 0 Å². The van der Waals surface area contributed by atoms with Crippen LogP contribution in [0.1, 0.15) is 0 Å². The average molecular weight is 159 g/mol. The van der Waals surface area contributed by atoms with Crippen LogP contribution in [0.25, 0.3) is 11.0 Å². The average Bonchev–Trinajstić information content (AvgIpc) is 2.33. The maximum Gasteiger partial charge on any atom is 0.112 e. The maximum absolute atomic E-state index is 3.81. The summed E-state index contributed by atoms with van der Waals surface area (Å²) in [5, 5.41) is 10.2. The van der Waals surface area contributed by atoms with Crippen molar-refractivity contribution in [3.05, 3.63) is 24.3 Å². The minimum Gasteiger partial charge on any atom is -0.258 e. The maximum atomic E-state index is 3.81. The van der Waals surface area contributed by atoms with E-state index >= 15 is 0 Å². The summed E-state index contributed by atoms with van der Waals surface area (Å²) in [7, 11) is 0. The van der Waals surface area contributed by atoms with E-state index in [0.29, 0.717) is 0 Å². The Labute approximate surface area is 87.8 Å². The minimum atomic E-state index is 0. The second-order valence-electron chi connectivity index (χ2n) is 1.83. The molecule has 46 valence electrons. The Kier molecular flexibility index (Phi) is 2.65. The van der Waals surface area contributed by atoms with Crippen molar-refractivity contribution in [2.24, 2.45) is 0 Å². The van der Waals surface area contributed by atoms with Crippen molar-refractivity contribution in [2.75, 3.05) is 0 Å². The SMILES string of the molecule is [Ca].c1ccc2[nH]nnc2c1. The molecule has 1 aromatic heterocycles. The number of nitrogens with zero attached hydrogens (tertiary/aromatic N) is 2. The first-order valence-electron chi connectivity index (χ1n) is 2.72. The number of nitrogens with one attached hydrogen (secondary N) is 1. The van der Waals surface area contributed by atoms with Crippen LogP contribution in [-0.2, 0) is 0 Å². The molecule has 2 rings (SSSR count). The molecule has 10 heavy (non-hydrogen) atoms. The van der Waals surface area contributed by atoms with Crippen LogP contribution in [0.3, 0.4) is 0 Å². The van der Waals surface area contributed by atoms with Crippen LogP contribution in [0.5, 0.6) is 0 Å². The predicted molar refractivity (Wildman–Crippen MR) is 39.6 cm³/mol. The Balaban J connectivity index is 0.000000500. The van der Waals surface area contributed by atoms with Gasteiger partial charge in [-0.1, -0.05) is 17.3 Å². The van der Waals surface area contributed by atoms with Gasteiger partial charge in [-0.3, -0.25) is 5.10 Å². The van der Waals surface area contributed by atoms with E-state index in [-0.39, 0.29) is 37.7 Å². The monoisotopic (exact) mass is 159 g/mol. The van der Waals surface area contributed by atoms with Gasteiger partial charge in [-0.15, -0.1) is 5.10 Å². The summed E-state index contributed by atoms with van der Waals surface area (Å²) in [6.45, 7) is 0. The zero-order valence-corrected chi connectivity index (χ0v) is 7.62. The van der Waals surface area contributed by atoms with Gasteiger partial charge in [-0.25, -0.2) is 0 Å². The van der Waals surface area contributed by atoms with Crippen LogP contribution < -0.4 is 0 Å². The van der Waals surface area contributed by atoms with E-state index < -0.39 is 0 Å². The molecule has 4 heteroatoms. The fraction of sp³-hybridized carbons (Fsp3) is 0. The van der Waals surface area contributed by atoms with Gasteiger partial charge in [0.15, 0.2) is 0 Å². The molecule has 0 fully saturated rings. The zero-order chi connectivity index (χ0) is 6.10. The molecule has 0 bridgehead atoms. The number of H-pyrrole nitrogens is 1. The molecule has 0 saturated heterocycles. The molecule has 0 atom stereocenters. The normalized spacial score (nSPS) is 9.20. The Morgan fingerprint density at radius 2 is 2.00 bits per heavy atom. The first-order valence-corrected chi connectivity index (χ1v) is 2.72. The molecule has 0 spiro atoms. The molecule has 0 aliphatic carbocycles. The summed E-state index contributed by atoms with van der Waals surface area (Å²) in [6.07, 6.45) is 0. The van der Waals surface area contributed by atoms with E-state index in [1.54, 1.807) is 0 Å². The number of hydrogen-bond acceptors (Lipinski definition) is 2. The van der Waals surface area contributed by atoms with Crippen LogP contribution in [0.2, 0.25) is 0 Å². The standard InChI is InChI=1S/C6H5N3.Ca/c1-2-4-6-5(3-1)7-9-8-6;/h1-4H,(H,7,8,9);. The third-order valence-electron chi connectivity index (χ3n) is 1.23. The topological polar surface area (TPSA) is 41.6 Å². The molecule has 2 radical (unpaired) electrons. The van der Waals surface area contributed by atoms with Crippen molar-refractivity contribution < 1.29 is 0 Å². The van der Waals surface area contributed by atoms with Crippen LogP contribution in [0.4, 0.5) is 0 Å². The van der Waals surface area contributed by atoms with Crippen molar-refractivity contribution in [1.29, 1.82) is 0 Å². The fourth-order valence-corrected chi connectivity index (χ4v) is 0.788. The van der Waals surface area contributed by atoms with E-state index in [0.717, 1.165) is 11.0 Å². The summed E-state index contributed by atoms with van der Waals surface area (Å²) in [4.78, 5) is 0. The van der Waals surface area contributed by atoms with Gasteiger partial charge in [0.1, 0.15) is 5.52 Å². The number of rotatable bonds is 0. The Bertz CT molecular complexity index is 287. The Morgan fingerprint density at radius 3 is 2.80 bits per heavy atom. The molecular formula is C6H5CaN3. The van der Waals surface area contributed by atoms with Gasteiger partial charge in [0.05, 0.1) is 5.52 Å². The third-order valence-corrected chi connectivity index (χ3v) is 1.23. The van der Waals surface area contributed by atoms with Crippen molar-refractivity contribution in [3.63, 3.8) is 0 Å². The first kappa shape index (κ1) is 7.98. The van der Waals surface area contributed by atoms with E-state index in [9.17, 15) is 0 Å². The van der Waals surface area contributed by atoms with Gasteiger partial charge in [0.25, 0.3) is 0 Å². The molecule has 1 N–H and O–H groups in total. The van der Waals surface area contributed by atoms with Gasteiger partial charge in [0, 0.05) is 37.7 Å². The second kappa shape index (κ2) is 3.32. The predicted octanol–water partition coefficient (Wildman–Crippen LogP) is 0.577. The van der Waals surface area contributed by atoms with E-state index in [2.05, 4.69) is 15.4 Å². The van der Waals surface area contributed by atoms with Crippen molar-refractivity contribution in [1.82, 2.24) is 15.4 Å². The number of benzene rings is 1. The summed E-state index contributed by atoms with van der Waals surface area (Å²) in [5.41, 5.74) is 1.90. The summed E-state index contributed by atoms with van der Waals surface area (Å²) in [6, 6.07) is 7.74. The molecule has 3 nitrogen and oxygen atoms in total. The third kappa shape index (κ3) is 1.31. The molecular weight excluding hydrogens is 154 g/mol. The quantitative estimate of drug-likeness (QED) is 0.571. The summed E-state index contributed by atoms with van der Waals surface area (Å²) < 4.78 is 0. The number of para-hydroxylation sites is 1. The molecule has 0 saturated carbocycles. The van der Waals surface area contributed by atoms with Crippen LogP contribution in [0.15, 0.2) is 24.3 Å². The van der Waals surface area contributed by atoms with E-state index in [4.69, 9.17) is 0 Å². The van der Waals surface area contributed by atoms with Crippen molar-refractivity contribution >= 4 is 48.8 Å². The number of hydrogen-bond donors (Lipinski definition) is 1. The molecule has 1 heterocycles. The Morgan fingerprint density at radius 1 is 1.20 bits per heavy atom. The number of fused-ring (bicyclic) bond motifs is 1. The number of aromatic nitrogens is 3. The van der Waals surface area contributed by atoms with E-state index in [1.807, 2.05) is 24.3 Å². The summed E-state index contributed by atoms with van der Waals surface area (Å²) >= 11 is 0. The first-order chi connectivity index (χ1) is 4.47. The van der Waals surface area contributed by atoms with Gasteiger partial charge >= 0.3 is 0 Å². The molecule has 1 aromatic carbocycles. The van der Waals surface area contributed by atoms with Gasteiger partial charge in [-0.05, 0) is 12.1 Å². The molecule has 0 unspecified atom stereocenters. The smallest absolute Gasteiger partial charge is 0.112 e. The van der Waals surface area contributed by atoms with Gasteiger partial charge < -0.3 is 0 Å². The van der Waals surface area contributed by atoms with Crippen LogP contribution >= 0.6 is 0 Å². The largest absolute Gasteiger partial charge is 0.258 e. The van der Waals surface area contributed by atoms with Crippen LogP contribution in [0, 0.1) is 0 Å². The van der Waals surface area contributed by atoms with Crippen molar-refractivity contribution in [2.45, 2.75) is 0 Å². The zero-order valence-electron chi connectivity index (χ0n) is 5.41. The fourth-order valence-electron chi connectivity index (χ4n) is 0.788. The Hall–Kier alpha value is -0.120. The van der Waals surface area contributed by atoms with Gasteiger partial charge in [-0.2, -0.15) is 0 Å². The van der Waals surface area contributed by atoms with Gasteiger partial charge in [0.2, 0.25) is 0 Å². The molecule has 0 aliphatic heterocycles. The molecule has 0 aliphatic rings. The summed E-state index contributed by atoms with van der Waals surface area (Å²) in [5.74, 6) is 0. The number of aromatic amines is 1.